The van der Waals surface area contributed by atoms with E-state index in [2.05, 4.69) is 0 Å². The number of carbonyl (C=O) groups is 1. The lowest BCUT2D eigenvalue weighted by molar-refractivity contribution is -0.384. The zero-order chi connectivity index (χ0) is 12.1. The Labute approximate surface area is 96.9 Å². The van der Waals surface area contributed by atoms with Crippen LogP contribution >= 0.6 is 11.6 Å². The summed E-state index contributed by atoms with van der Waals surface area (Å²) in [6.45, 7) is 2.21. The van der Waals surface area contributed by atoms with Crippen LogP contribution in [0.4, 0.5) is 5.69 Å². The van der Waals surface area contributed by atoms with Gasteiger partial charge in [0.2, 0.25) is 0 Å². The van der Waals surface area contributed by atoms with Crippen molar-refractivity contribution in [2.45, 2.75) is 13.5 Å². The molecule has 0 saturated heterocycles. The molecule has 0 amide bonds. The highest BCUT2D eigenvalue weighted by atomic mass is 35.5. The quantitative estimate of drug-likeness (QED) is 0.344. The van der Waals surface area contributed by atoms with Crippen molar-refractivity contribution in [2.24, 2.45) is 0 Å². The van der Waals surface area contributed by atoms with Crippen molar-refractivity contribution in [3.63, 3.8) is 0 Å². The number of rotatable bonds is 5. The second kappa shape index (κ2) is 5.50. The molecule has 16 heavy (non-hydrogen) atoms. The normalized spacial score (nSPS) is 10.1. The largest absolute Gasteiger partial charge is 0.461 e. The van der Waals surface area contributed by atoms with Gasteiger partial charge in [0.05, 0.1) is 17.7 Å². The van der Waals surface area contributed by atoms with Crippen LogP contribution in [0.15, 0.2) is 12.3 Å². The molecule has 0 radical (unpaired) electrons. The molecule has 1 heterocycles. The Bertz CT molecular complexity index is 402. The van der Waals surface area contributed by atoms with E-state index < -0.39 is 10.9 Å². The number of aryl methyl sites for hydroxylation is 1. The fourth-order valence-corrected chi connectivity index (χ4v) is 1.43. The second-order valence-electron chi connectivity index (χ2n) is 2.94. The molecule has 88 valence electrons. The fraction of sp³-hybridized carbons (Fsp3) is 0.444. The molecular weight excluding hydrogens is 236 g/mol. The highest BCUT2D eigenvalue weighted by molar-refractivity contribution is 6.17. The Balaban J connectivity index is 3.04. The third kappa shape index (κ3) is 2.73. The molecule has 0 spiro atoms. The summed E-state index contributed by atoms with van der Waals surface area (Å²) in [6.07, 6.45) is 1.27. The Morgan fingerprint density at radius 3 is 2.88 bits per heavy atom. The summed E-state index contributed by atoms with van der Waals surface area (Å²) in [5.41, 5.74) is 0.00219. The molecule has 0 unspecified atom stereocenters. The van der Waals surface area contributed by atoms with Crippen LogP contribution in [0.1, 0.15) is 17.4 Å². The van der Waals surface area contributed by atoms with E-state index in [4.69, 9.17) is 16.3 Å². The van der Waals surface area contributed by atoms with Gasteiger partial charge in [-0.2, -0.15) is 0 Å². The average Bonchev–Trinajstić information content (AvgIpc) is 2.63. The SMILES string of the molecule is CCOC(=O)c1cc([N+](=O)[O-])cn1CCCl. The fourth-order valence-electron chi connectivity index (χ4n) is 1.25. The van der Waals surface area contributed by atoms with E-state index in [9.17, 15) is 14.9 Å². The first-order valence-corrected chi connectivity index (χ1v) is 5.21. The average molecular weight is 247 g/mol. The standard InChI is InChI=1S/C9H11ClN2O4/c1-2-16-9(13)8-5-7(12(14)15)6-11(8)4-3-10/h5-6H,2-4H2,1H3. The lowest BCUT2D eigenvalue weighted by atomic mass is 10.4. The Hall–Kier alpha value is -1.56. The monoisotopic (exact) mass is 246 g/mol. The van der Waals surface area contributed by atoms with Crippen molar-refractivity contribution in [1.82, 2.24) is 4.57 Å². The van der Waals surface area contributed by atoms with Gasteiger partial charge in [-0.05, 0) is 6.92 Å². The minimum absolute atomic E-state index is 0.145. The molecule has 0 N–H and O–H groups in total. The van der Waals surface area contributed by atoms with E-state index in [-0.39, 0.29) is 23.9 Å². The lowest BCUT2D eigenvalue weighted by Gasteiger charge is -2.04. The molecule has 0 aromatic carbocycles. The van der Waals surface area contributed by atoms with Crippen LogP contribution in [0.2, 0.25) is 0 Å². The van der Waals surface area contributed by atoms with Gasteiger partial charge in [-0.3, -0.25) is 10.1 Å². The highest BCUT2D eigenvalue weighted by Gasteiger charge is 2.19. The van der Waals surface area contributed by atoms with E-state index in [0.29, 0.717) is 6.54 Å². The number of hydrogen-bond acceptors (Lipinski definition) is 4. The molecule has 0 saturated carbocycles. The maximum Gasteiger partial charge on any atom is 0.355 e. The summed E-state index contributed by atoms with van der Waals surface area (Å²) < 4.78 is 6.20. The third-order valence-electron chi connectivity index (χ3n) is 1.90. The van der Waals surface area contributed by atoms with E-state index in [1.807, 2.05) is 0 Å². The molecular formula is C9H11ClN2O4. The zero-order valence-electron chi connectivity index (χ0n) is 8.68. The first-order valence-electron chi connectivity index (χ1n) is 4.67. The van der Waals surface area contributed by atoms with Crippen LogP contribution < -0.4 is 0 Å². The molecule has 0 fully saturated rings. The van der Waals surface area contributed by atoms with Gasteiger partial charge >= 0.3 is 5.97 Å². The van der Waals surface area contributed by atoms with Gasteiger partial charge in [0, 0.05) is 18.5 Å². The molecule has 1 rings (SSSR count). The van der Waals surface area contributed by atoms with Gasteiger partial charge in [0.1, 0.15) is 5.69 Å². The van der Waals surface area contributed by atoms with E-state index in [1.54, 1.807) is 6.92 Å². The molecule has 0 bridgehead atoms. The van der Waals surface area contributed by atoms with Gasteiger partial charge in [-0.25, -0.2) is 4.79 Å². The van der Waals surface area contributed by atoms with Crippen LogP contribution in [0.25, 0.3) is 0 Å². The molecule has 0 atom stereocenters. The number of ether oxygens (including phenoxy) is 1. The van der Waals surface area contributed by atoms with Crippen LogP contribution in [-0.2, 0) is 11.3 Å². The zero-order valence-corrected chi connectivity index (χ0v) is 9.44. The third-order valence-corrected chi connectivity index (χ3v) is 2.07. The van der Waals surface area contributed by atoms with Crippen molar-refractivity contribution in [2.75, 3.05) is 12.5 Å². The van der Waals surface area contributed by atoms with Crippen molar-refractivity contribution in [3.8, 4) is 0 Å². The van der Waals surface area contributed by atoms with Crippen molar-refractivity contribution in [3.05, 3.63) is 28.1 Å². The predicted octanol–water partition coefficient (Wildman–Crippen LogP) is 1.81. The molecule has 1 aromatic heterocycles. The van der Waals surface area contributed by atoms with Gasteiger partial charge in [0.15, 0.2) is 0 Å². The Morgan fingerprint density at radius 2 is 2.38 bits per heavy atom. The van der Waals surface area contributed by atoms with Crippen molar-refractivity contribution >= 4 is 23.3 Å². The summed E-state index contributed by atoms with van der Waals surface area (Å²) in [6, 6.07) is 1.19. The van der Waals surface area contributed by atoms with Crippen LogP contribution in [0.5, 0.6) is 0 Å². The smallest absolute Gasteiger partial charge is 0.355 e. The summed E-state index contributed by atoms with van der Waals surface area (Å²) in [4.78, 5) is 21.5. The highest BCUT2D eigenvalue weighted by Crippen LogP contribution is 2.17. The van der Waals surface area contributed by atoms with Crippen LogP contribution in [-0.4, -0.2) is 27.9 Å². The number of esters is 1. The maximum absolute atomic E-state index is 11.5. The topological polar surface area (TPSA) is 74.4 Å². The van der Waals surface area contributed by atoms with E-state index in [0.717, 1.165) is 0 Å². The summed E-state index contributed by atoms with van der Waals surface area (Å²) >= 11 is 5.54. The first-order chi connectivity index (χ1) is 7.60. The van der Waals surface area contributed by atoms with Crippen LogP contribution in [0.3, 0.4) is 0 Å². The van der Waals surface area contributed by atoms with Crippen molar-refractivity contribution < 1.29 is 14.5 Å². The predicted molar refractivity (Wildman–Crippen MR) is 57.8 cm³/mol. The molecule has 1 aromatic rings. The van der Waals surface area contributed by atoms with Crippen LogP contribution in [0, 0.1) is 10.1 Å². The Kier molecular flexibility index (Phi) is 4.30. The summed E-state index contributed by atoms with van der Waals surface area (Å²) in [7, 11) is 0. The van der Waals surface area contributed by atoms with Crippen molar-refractivity contribution in [1.29, 1.82) is 0 Å². The minimum atomic E-state index is -0.583. The number of nitro groups is 1. The summed E-state index contributed by atoms with van der Waals surface area (Å²) in [5, 5.41) is 10.6. The molecule has 0 aliphatic rings. The van der Waals surface area contributed by atoms with E-state index in [1.165, 1.54) is 16.8 Å². The summed E-state index contributed by atoms with van der Waals surface area (Å²) in [5.74, 6) is -0.321. The van der Waals surface area contributed by atoms with Gasteiger partial charge in [-0.1, -0.05) is 0 Å². The molecule has 0 aliphatic heterocycles. The minimum Gasteiger partial charge on any atom is -0.461 e. The number of nitrogens with zero attached hydrogens (tertiary/aromatic N) is 2. The lowest BCUT2D eigenvalue weighted by Crippen LogP contribution is -2.12. The van der Waals surface area contributed by atoms with Gasteiger partial charge in [-0.15, -0.1) is 11.6 Å². The first kappa shape index (κ1) is 12.5. The van der Waals surface area contributed by atoms with Gasteiger partial charge in [0.25, 0.3) is 5.69 Å². The Morgan fingerprint density at radius 1 is 1.69 bits per heavy atom. The maximum atomic E-state index is 11.5. The van der Waals surface area contributed by atoms with E-state index >= 15 is 0 Å². The molecule has 0 aliphatic carbocycles. The number of halogens is 1. The molecule has 7 heteroatoms. The molecule has 6 nitrogen and oxygen atoms in total. The number of hydrogen-bond donors (Lipinski definition) is 0. The van der Waals surface area contributed by atoms with Gasteiger partial charge < -0.3 is 9.30 Å². The number of carbonyl (C=O) groups excluding carboxylic acids is 1. The number of alkyl halides is 1. The second-order valence-corrected chi connectivity index (χ2v) is 3.32. The number of aromatic nitrogens is 1.